The quantitative estimate of drug-likeness (QED) is 0.921. The Morgan fingerprint density at radius 1 is 1.21 bits per heavy atom. The van der Waals surface area contributed by atoms with Crippen molar-refractivity contribution in [1.82, 2.24) is 14.5 Å². The van der Waals surface area contributed by atoms with Gasteiger partial charge in [-0.15, -0.1) is 0 Å². The second-order valence-electron chi connectivity index (χ2n) is 8.56. The Kier molecular flexibility index (Phi) is 5.11. The Hall–Kier alpha value is -1.20. The van der Waals surface area contributed by atoms with Gasteiger partial charge in [-0.3, -0.25) is 14.3 Å². The van der Waals surface area contributed by atoms with Crippen molar-refractivity contribution in [2.24, 2.45) is 5.92 Å². The smallest absolute Gasteiger partial charge is 0.253 e. The van der Waals surface area contributed by atoms with Crippen LogP contribution in [0.25, 0.3) is 0 Å². The van der Waals surface area contributed by atoms with Crippen LogP contribution in [0, 0.1) is 5.92 Å². The lowest BCUT2D eigenvalue weighted by Gasteiger charge is -2.37. The van der Waals surface area contributed by atoms with E-state index in [9.17, 15) is 9.90 Å². The normalized spacial score (nSPS) is 26.8. The highest BCUT2D eigenvalue weighted by Gasteiger charge is 2.33. The van der Waals surface area contributed by atoms with E-state index in [2.05, 4.69) is 30.7 Å². The predicted octanol–water partition coefficient (Wildman–Crippen LogP) is 2.17. The molecule has 0 radical (unpaired) electrons. The van der Waals surface area contributed by atoms with Crippen LogP contribution in [-0.2, 0) is 12.0 Å². The van der Waals surface area contributed by atoms with Crippen LogP contribution >= 0.6 is 0 Å². The van der Waals surface area contributed by atoms with Gasteiger partial charge in [0.2, 0.25) is 0 Å². The van der Waals surface area contributed by atoms with E-state index >= 15 is 0 Å². The molecule has 3 rings (SSSR count). The van der Waals surface area contributed by atoms with Crippen molar-refractivity contribution in [3.63, 3.8) is 0 Å². The number of nitrogens with zero attached hydrogens (tertiary/aromatic N) is 3. The number of hydrogen-bond acceptors (Lipinski definition) is 4. The van der Waals surface area contributed by atoms with Crippen molar-refractivity contribution in [1.29, 1.82) is 0 Å². The van der Waals surface area contributed by atoms with Crippen molar-refractivity contribution in [2.75, 3.05) is 13.1 Å². The highest BCUT2D eigenvalue weighted by atomic mass is 16.3. The first-order valence-electron chi connectivity index (χ1n) is 9.33. The summed E-state index contributed by atoms with van der Waals surface area (Å²) in [6.07, 6.45) is 6.99. The highest BCUT2D eigenvalue weighted by molar-refractivity contribution is 5.10. The Balaban J connectivity index is 1.57. The van der Waals surface area contributed by atoms with Crippen LogP contribution in [-0.4, -0.2) is 44.8 Å². The van der Waals surface area contributed by atoms with Crippen LogP contribution in [0.3, 0.4) is 0 Å². The molecular weight excluding hydrogens is 302 g/mol. The molecule has 2 atom stereocenters. The van der Waals surface area contributed by atoms with Crippen molar-refractivity contribution in [3.05, 3.63) is 28.4 Å². The number of aliphatic hydroxyl groups is 1. The summed E-state index contributed by atoms with van der Waals surface area (Å²) < 4.78 is 1.76. The van der Waals surface area contributed by atoms with E-state index in [0.717, 1.165) is 57.4 Å². The Labute approximate surface area is 144 Å². The molecule has 5 nitrogen and oxygen atoms in total. The molecule has 2 unspecified atom stereocenters. The third kappa shape index (κ3) is 3.89. The minimum atomic E-state index is -0.140. The lowest BCUT2D eigenvalue weighted by molar-refractivity contribution is 0.0460. The molecule has 1 saturated carbocycles. The van der Waals surface area contributed by atoms with Gasteiger partial charge in [0.25, 0.3) is 5.56 Å². The zero-order valence-electron chi connectivity index (χ0n) is 15.2. The summed E-state index contributed by atoms with van der Waals surface area (Å²) in [6.45, 7) is 9.06. The average molecular weight is 333 g/mol. The fourth-order valence-electron chi connectivity index (χ4n) is 4.07. The summed E-state index contributed by atoms with van der Waals surface area (Å²) in [4.78, 5) is 19.3. The molecule has 134 valence electrons. The van der Waals surface area contributed by atoms with Gasteiger partial charge in [-0.05, 0) is 51.1 Å². The molecule has 0 amide bonds. The Morgan fingerprint density at radius 2 is 1.92 bits per heavy atom. The number of piperidine rings is 1. The molecule has 0 bridgehead atoms. The molecule has 1 aromatic heterocycles. The fourth-order valence-corrected chi connectivity index (χ4v) is 4.07. The summed E-state index contributed by atoms with van der Waals surface area (Å²) in [7, 11) is 0. The molecule has 2 heterocycles. The molecule has 1 aromatic rings. The van der Waals surface area contributed by atoms with Crippen LogP contribution in [0.1, 0.15) is 58.6 Å². The molecule has 5 heteroatoms. The van der Waals surface area contributed by atoms with Crippen molar-refractivity contribution >= 4 is 0 Å². The number of rotatable bonds is 3. The molecule has 0 spiro atoms. The van der Waals surface area contributed by atoms with Gasteiger partial charge in [0.1, 0.15) is 0 Å². The topological polar surface area (TPSA) is 58.4 Å². The second kappa shape index (κ2) is 6.96. The van der Waals surface area contributed by atoms with Crippen molar-refractivity contribution in [2.45, 2.75) is 77.0 Å². The number of aromatic nitrogens is 2. The molecule has 2 aliphatic rings. The van der Waals surface area contributed by atoms with Crippen LogP contribution in [0.15, 0.2) is 17.2 Å². The van der Waals surface area contributed by atoms with Gasteiger partial charge in [0.15, 0.2) is 0 Å². The SMILES string of the molecule is CC(C)(C)c1cc(=O)n(CC2CCN(C3CCCC3O)CC2)cn1. The maximum atomic E-state index is 12.4. The molecule has 1 aliphatic heterocycles. The Bertz CT molecular complexity index is 612. The van der Waals surface area contributed by atoms with E-state index in [-0.39, 0.29) is 17.1 Å². The highest BCUT2D eigenvalue weighted by Crippen LogP contribution is 2.28. The van der Waals surface area contributed by atoms with Gasteiger partial charge in [0.05, 0.1) is 18.1 Å². The van der Waals surface area contributed by atoms with E-state index in [1.807, 2.05) is 0 Å². The second-order valence-corrected chi connectivity index (χ2v) is 8.56. The van der Waals surface area contributed by atoms with Crippen LogP contribution < -0.4 is 5.56 Å². The third-order valence-corrected chi connectivity index (χ3v) is 5.66. The monoisotopic (exact) mass is 333 g/mol. The van der Waals surface area contributed by atoms with Gasteiger partial charge >= 0.3 is 0 Å². The first kappa shape index (κ1) is 17.6. The molecular formula is C19H31N3O2. The number of hydrogen-bond donors (Lipinski definition) is 1. The number of aliphatic hydroxyl groups excluding tert-OH is 1. The fraction of sp³-hybridized carbons (Fsp3) is 0.789. The molecule has 0 aromatic carbocycles. The van der Waals surface area contributed by atoms with Crippen molar-refractivity contribution in [3.8, 4) is 0 Å². The molecule has 2 fully saturated rings. The van der Waals surface area contributed by atoms with E-state index < -0.39 is 0 Å². The maximum absolute atomic E-state index is 12.4. The van der Waals surface area contributed by atoms with Crippen LogP contribution in [0.4, 0.5) is 0 Å². The molecule has 1 aliphatic carbocycles. The van der Waals surface area contributed by atoms with E-state index in [1.54, 1.807) is 17.0 Å². The maximum Gasteiger partial charge on any atom is 0.253 e. The van der Waals surface area contributed by atoms with Gasteiger partial charge in [-0.25, -0.2) is 4.98 Å². The van der Waals surface area contributed by atoms with E-state index in [1.165, 1.54) is 0 Å². The third-order valence-electron chi connectivity index (χ3n) is 5.66. The zero-order valence-corrected chi connectivity index (χ0v) is 15.2. The molecule has 1 saturated heterocycles. The summed E-state index contributed by atoms with van der Waals surface area (Å²) in [5.41, 5.74) is 0.823. The predicted molar refractivity (Wildman–Crippen MR) is 95.1 cm³/mol. The lowest BCUT2D eigenvalue weighted by Crippen LogP contribution is -2.45. The van der Waals surface area contributed by atoms with Crippen molar-refractivity contribution < 1.29 is 5.11 Å². The summed E-state index contributed by atoms with van der Waals surface area (Å²) in [5.74, 6) is 0.528. The minimum absolute atomic E-state index is 0.0589. The summed E-state index contributed by atoms with van der Waals surface area (Å²) in [6, 6.07) is 2.05. The van der Waals surface area contributed by atoms with Crippen LogP contribution in [0.2, 0.25) is 0 Å². The standard InChI is InChI=1S/C19H31N3O2/c1-19(2,3)17-11-18(24)22(13-20-17)12-14-7-9-21(10-8-14)15-5-4-6-16(15)23/h11,13-16,23H,4-10,12H2,1-3H3. The number of likely N-dealkylation sites (tertiary alicyclic amines) is 1. The van der Waals surface area contributed by atoms with Gasteiger partial charge in [-0.2, -0.15) is 0 Å². The molecule has 1 N–H and O–H groups in total. The van der Waals surface area contributed by atoms with E-state index in [0.29, 0.717) is 12.0 Å². The average Bonchev–Trinajstić information content (AvgIpc) is 2.95. The lowest BCUT2D eigenvalue weighted by atomic mass is 9.92. The largest absolute Gasteiger partial charge is 0.391 e. The van der Waals surface area contributed by atoms with Gasteiger partial charge in [-0.1, -0.05) is 20.8 Å². The Morgan fingerprint density at radius 3 is 2.46 bits per heavy atom. The van der Waals surface area contributed by atoms with Gasteiger partial charge in [0, 0.05) is 24.1 Å². The summed E-state index contributed by atoms with van der Waals surface area (Å²) >= 11 is 0. The zero-order chi connectivity index (χ0) is 17.3. The first-order chi connectivity index (χ1) is 11.3. The van der Waals surface area contributed by atoms with Crippen LogP contribution in [0.5, 0.6) is 0 Å². The van der Waals surface area contributed by atoms with E-state index in [4.69, 9.17) is 0 Å². The first-order valence-corrected chi connectivity index (χ1v) is 9.33. The molecule has 24 heavy (non-hydrogen) atoms. The summed E-state index contributed by atoms with van der Waals surface area (Å²) in [5, 5.41) is 10.1. The minimum Gasteiger partial charge on any atom is -0.391 e. The van der Waals surface area contributed by atoms with Gasteiger partial charge < -0.3 is 5.11 Å².